The molecule has 5 heteroatoms. The van der Waals surface area contributed by atoms with Gasteiger partial charge in [-0.05, 0) is 35.0 Å². The first-order valence-electron chi connectivity index (χ1n) is 6.56. The molecule has 110 valence electrons. The van der Waals surface area contributed by atoms with Crippen molar-refractivity contribution in [1.29, 1.82) is 0 Å². The van der Waals surface area contributed by atoms with E-state index in [9.17, 15) is 19.4 Å². The lowest BCUT2D eigenvalue weighted by Crippen LogP contribution is -2.12. The van der Waals surface area contributed by atoms with E-state index >= 15 is 0 Å². The van der Waals surface area contributed by atoms with Crippen molar-refractivity contribution in [3.63, 3.8) is 0 Å². The third-order valence-electron chi connectivity index (χ3n) is 3.31. The van der Waals surface area contributed by atoms with Crippen molar-refractivity contribution in [3.8, 4) is 11.5 Å². The number of fused-ring (bicyclic) bond motifs is 1. The summed E-state index contributed by atoms with van der Waals surface area (Å²) in [5.74, 6) is -2.02. The maximum absolute atomic E-state index is 13.0. The van der Waals surface area contributed by atoms with E-state index in [1.54, 1.807) is 6.07 Å². The number of carbonyl (C=O) groups excluding carboxylic acids is 1. The number of anilines is 1. The number of nitrogens with one attached hydrogen (secondary N) is 1. The van der Waals surface area contributed by atoms with E-state index in [1.807, 2.05) is 24.3 Å². The fraction of sp³-hybridized carbons (Fsp3) is 0. The molecule has 0 spiro atoms. The zero-order valence-corrected chi connectivity index (χ0v) is 11.4. The first-order chi connectivity index (χ1) is 10.5. The van der Waals surface area contributed by atoms with Crippen LogP contribution in [0.5, 0.6) is 11.5 Å². The standard InChI is InChI=1S/C17H12FNO3/c18-14-6-5-12(9-16(14)21)19-17(22)13-7-10-3-1-2-4-11(10)8-15(13)20/h1-9,20-21H,(H,19,22). The van der Waals surface area contributed by atoms with Crippen molar-refractivity contribution in [2.75, 3.05) is 5.32 Å². The third kappa shape index (κ3) is 2.56. The van der Waals surface area contributed by atoms with E-state index in [-0.39, 0.29) is 17.0 Å². The highest BCUT2D eigenvalue weighted by atomic mass is 19.1. The van der Waals surface area contributed by atoms with Crippen LogP contribution in [0.2, 0.25) is 0 Å². The Morgan fingerprint density at radius 2 is 1.59 bits per heavy atom. The molecule has 3 aromatic carbocycles. The molecular weight excluding hydrogens is 285 g/mol. The van der Waals surface area contributed by atoms with Crippen LogP contribution in [0.3, 0.4) is 0 Å². The van der Waals surface area contributed by atoms with Gasteiger partial charge in [0.1, 0.15) is 5.75 Å². The number of carbonyl (C=O) groups is 1. The van der Waals surface area contributed by atoms with Crippen LogP contribution in [0.25, 0.3) is 10.8 Å². The van der Waals surface area contributed by atoms with Crippen LogP contribution in [0, 0.1) is 5.82 Å². The summed E-state index contributed by atoms with van der Waals surface area (Å²) in [4.78, 5) is 12.2. The summed E-state index contributed by atoms with van der Waals surface area (Å²) in [5.41, 5.74) is 0.332. The fourth-order valence-electron chi connectivity index (χ4n) is 2.20. The van der Waals surface area contributed by atoms with Crippen molar-refractivity contribution < 1.29 is 19.4 Å². The molecule has 4 nitrogen and oxygen atoms in total. The normalized spacial score (nSPS) is 10.6. The fourth-order valence-corrected chi connectivity index (χ4v) is 2.20. The largest absolute Gasteiger partial charge is 0.507 e. The second-order valence-corrected chi connectivity index (χ2v) is 4.84. The molecule has 3 rings (SSSR count). The van der Waals surface area contributed by atoms with Gasteiger partial charge >= 0.3 is 0 Å². The lowest BCUT2D eigenvalue weighted by molar-refractivity contribution is 0.102. The molecule has 1 amide bonds. The number of hydrogen-bond acceptors (Lipinski definition) is 3. The minimum absolute atomic E-state index is 0.0996. The monoisotopic (exact) mass is 297 g/mol. The van der Waals surface area contributed by atoms with Crippen molar-refractivity contribution in [2.24, 2.45) is 0 Å². The maximum Gasteiger partial charge on any atom is 0.259 e. The van der Waals surface area contributed by atoms with Crippen LogP contribution < -0.4 is 5.32 Å². The second kappa shape index (κ2) is 5.37. The smallest absolute Gasteiger partial charge is 0.259 e. The van der Waals surface area contributed by atoms with Gasteiger partial charge in [0.05, 0.1) is 5.56 Å². The number of phenols is 2. The van der Waals surface area contributed by atoms with Gasteiger partial charge in [0.15, 0.2) is 11.6 Å². The SMILES string of the molecule is O=C(Nc1ccc(F)c(O)c1)c1cc2ccccc2cc1O. The summed E-state index contributed by atoms with van der Waals surface area (Å²) < 4.78 is 13.0. The summed E-state index contributed by atoms with van der Waals surface area (Å²) in [5, 5.41) is 23.4. The highest BCUT2D eigenvalue weighted by Crippen LogP contribution is 2.26. The Kier molecular flexibility index (Phi) is 3.39. The van der Waals surface area contributed by atoms with Gasteiger partial charge in [-0.2, -0.15) is 0 Å². The van der Waals surface area contributed by atoms with E-state index in [2.05, 4.69) is 5.32 Å². The molecular formula is C17H12FNO3. The van der Waals surface area contributed by atoms with E-state index in [4.69, 9.17) is 0 Å². The van der Waals surface area contributed by atoms with Crippen LogP contribution in [0.4, 0.5) is 10.1 Å². The second-order valence-electron chi connectivity index (χ2n) is 4.84. The number of rotatable bonds is 2. The lowest BCUT2D eigenvalue weighted by atomic mass is 10.1. The maximum atomic E-state index is 13.0. The molecule has 0 radical (unpaired) electrons. The zero-order chi connectivity index (χ0) is 15.7. The van der Waals surface area contributed by atoms with Gasteiger partial charge in [0.2, 0.25) is 0 Å². The molecule has 0 atom stereocenters. The van der Waals surface area contributed by atoms with E-state index < -0.39 is 17.5 Å². The molecule has 0 saturated heterocycles. The molecule has 0 aliphatic carbocycles. The van der Waals surface area contributed by atoms with Gasteiger partial charge in [-0.3, -0.25) is 4.79 Å². The zero-order valence-electron chi connectivity index (χ0n) is 11.4. The van der Waals surface area contributed by atoms with Gasteiger partial charge in [-0.25, -0.2) is 4.39 Å². The summed E-state index contributed by atoms with van der Waals surface area (Å²) in [6.07, 6.45) is 0. The highest BCUT2D eigenvalue weighted by molar-refractivity contribution is 6.08. The van der Waals surface area contributed by atoms with Gasteiger partial charge in [-0.1, -0.05) is 24.3 Å². The Labute approximate surface area is 125 Å². The molecule has 0 heterocycles. The van der Waals surface area contributed by atoms with Crippen molar-refractivity contribution in [1.82, 2.24) is 0 Å². The van der Waals surface area contributed by atoms with Crippen LogP contribution >= 0.6 is 0 Å². The molecule has 0 aromatic heterocycles. The highest BCUT2D eigenvalue weighted by Gasteiger charge is 2.13. The van der Waals surface area contributed by atoms with E-state index in [0.29, 0.717) is 0 Å². The average Bonchev–Trinajstić information content (AvgIpc) is 2.50. The first kappa shape index (κ1) is 13.9. The minimum Gasteiger partial charge on any atom is -0.507 e. The minimum atomic E-state index is -0.772. The Bertz CT molecular complexity index is 877. The van der Waals surface area contributed by atoms with Crippen molar-refractivity contribution in [2.45, 2.75) is 0 Å². The number of aromatic hydroxyl groups is 2. The molecule has 0 bridgehead atoms. The Morgan fingerprint density at radius 3 is 2.27 bits per heavy atom. The molecule has 0 saturated carbocycles. The molecule has 3 N–H and O–H groups in total. The number of phenolic OH excluding ortho intramolecular Hbond substituents is 2. The number of halogens is 1. The Morgan fingerprint density at radius 1 is 0.909 bits per heavy atom. The van der Waals surface area contributed by atoms with Gasteiger partial charge in [0.25, 0.3) is 5.91 Å². The van der Waals surface area contributed by atoms with Crippen LogP contribution in [-0.4, -0.2) is 16.1 Å². The lowest BCUT2D eigenvalue weighted by Gasteiger charge is -2.09. The van der Waals surface area contributed by atoms with E-state index in [0.717, 1.165) is 22.9 Å². The molecule has 0 fully saturated rings. The average molecular weight is 297 g/mol. The van der Waals surface area contributed by atoms with Crippen LogP contribution in [-0.2, 0) is 0 Å². The third-order valence-corrected chi connectivity index (χ3v) is 3.31. The summed E-state index contributed by atoms with van der Waals surface area (Å²) in [7, 11) is 0. The summed E-state index contributed by atoms with van der Waals surface area (Å²) >= 11 is 0. The van der Waals surface area contributed by atoms with Crippen molar-refractivity contribution in [3.05, 3.63) is 66.0 Å². The van der Waals surface area contributed by atoms with Crippen LogP contribution in [0.15, 0.2) is 54.6 Å². The molecule has 3 aromatic rings. The van der Waals surface area contributed by atoms with E-state index in [1.165, 1.54) is 12.1 Å². The Hall–Kier alpha value is -3.08. The van der Waals surface area contributed by atoms with Gasteiger partial charge in [-0.15, -0.1) is 0 Å². The topological polar surface area (TPSA) is 69.6 Å². The molecule has 0 aliphatic rings. The van der Waals surface area contributed by atoms with Crippen molar-refractivity contribution >= 4 is 22.4 Å². The predicted octanol–water partition coefficient (Wildman–Crippen LogP) is 3.64. The molecule has 22 heavy (non-hydrogen) atoms. The first-order valence-corrected chi connectivity index (χ1v) is 6.56. The number of benzene rings is 3. The van der Waals surface area contributed by atoms with Crippen LogP contribution in [0.1, 0.15) is 10.4 Å². The predicted molar refractivity (Wildman–Crippen MR) is 81.6 cm³/mol. The molecule has 0 unspecified atom stereocenters. The number of amides is 1. The number of hydrogen-bond donors (Lipinski definition) is 3. The Balaban J connectivity index is 1.94. The van der Waals surface area contributed by atoms with Gasteiger partial charge < -0.3 is 15.5 Å². The quantitative estimate of drug-likeness (QED) is 0.676. The van der Waals surface area contributed by atoms with Gasteiger partial charge in [0, 0.05) is 11.8 Å². The summed E-state index contributed by atoms with van der Waals surface area (Å²) in [6.45, 7) is 0. The molecule has 0 aliphatic heterocycles. The summed E-state index contributed by atoms with van der Waals surface area (Å²) in [6, 6.07) is 13.9.